The lowest BCUT2D eigenvalue weighted by atomic mass is 10.1. The molecule has 0 fully saturated rings. The summed E-state index contributed by atoms with van der Waals surface area (Å²) >= 11 is 1.38. The van der Waals surface area contributed by atoms with Crippen LogP contribution in [0, 0.1) is 0 Å². The molecule has 0 saturated heterocycles. The minimum Gasteiger partial charge on any atom is -0.497 e. The van der Waals surface area contributed by atoms with Crippen molar-refractivity contribution in [2.24, 2.45) is 0 Å². The predicted molar refractivity (Wildman–Crippen MR) is 96.1 cm³/mol. The van der Waals surface area contributed by atoms with Gasteiger partial charge in [0.05, 0.1) is 19.1 Å². The van der Waals surface area contributed by atoms with E-state index in [-0.39, 0.29) is 11.5 Å². The van der Waals surface area contributed by atoms with Gasteiger partial charge in [-0.25, -0.2) is 0 Å². The second kappa shape index (κ2) is 8.02. The van der Waals surface area contributed by atoms with E-state index in [1.807, 2.05) is 28.8 Å². The first-order valence-electron chi connectivity index (χ1n) is 8.00. The number of nitrogens with zero attached hydrogens (tertiary/aromatic N) is 3. The van der Waals surface area contributed by atoms with Crippen molar-refractivity contribution in [2.45, 2.75) is 25.0 Å². The van der Waals surface area contributed by atoms with Crippen LogP contribution in [0.25, 0.3) is 11.6 Å². The van der Waals surface area contributed by atoms with E-state index in [4.69, 9.17) is 9.15 Å². The molecule has 0 atom stereocenters. The number of hydrogen-bond donors (Lipinski definition) is 0. The zero-order valence-electron chi connectivity index (χ0n) is 14.1. The third-order valence-corrected chi connectivity index (χ3v) is 4.60. The molecule has 0 amide bonds. The first-order chi connectivity index (χ1) is 12.2. The van der Waals surface area contributed by atoms with Crippen LogP contribution in [0.5, 0.6) is 5.75 Å². The highest BCUT2D eigenvalue weighted by molar-refractivity contribution is 7.99. The van der Waals surface area contributed by atoms with E-state index >= 15 is 0 Å². The number of thioether (sulfide) groups is 1. The number of Topliss-reactive ketones (excluding diaryl/α,β-unsaturated/α-hetero) is 1. The summed E-state index contributed by atoms with van der Waals surface area (Å²) in [6, 6.07) is 10.8. The monoisotopic (exact) mass is 357 g/mol. The molecule has 0 N–H and O–H groups in total. The van der Waals surface area contributed by atoms with Crippen LogP contribution in [0.1, 0.15) is 23.7 Å². The summed E-state index contributed by atoms with van der Waals surface area (Å²) in [4.78, 5) is 12.4. The highest BCUT2D eigenvalue weighted by Gasteiger charge is 2.17. The Hall–Kier alpha value is -2.54. The van der Waals surface area contributed by atoms with E-state index in [9.17, 15) is 4.79 Å². The molecule has 0 unspecified atom stereocenters. The Morgan fingerprint density at radius 3 is 2.88 bits per heavy atom. The molecule has 0 radical (unpaired) electrons. The number of furan rings is 1. The third-order valence-electron chi connectivity index (χ3n) is 3.63. The van der Waals surface area contributed by atoms with Crippen LogP contribution in [0.15, 0.2) is 52.2 Å². The predicted octanol–water partition coefficient (Wildman–Crippen LogP) is 3.93. The summed E-state index contributed by atoms with van der Waals surface area (Å²) in [6.07, 6.45) is 2.54. The molecule has 2 heterocycles. The summed E-state index contributed by atoms with van der Waals surface area (Å²) in [5.41, 5.74) is 0.625. The molecule has 0 aliphatic heterocycles. The Labute approximate surface area is 150 Å². The number of carbonyl (C=O) groups is 1. The van der Waals surface area contributed by atoms with Gasteiger partial charge in [0.1, 0.15) is 5.75 Å². The molecule has 0 saturated carbocycles. The fourth-order valence-corrected chi connectivity index (χ4v) is 3.28. The highest BCUT2D eigenvalue weighted by Crippen LogP contribution is 2.25. The number of ether oxygens (including phenoxy) is 1. The Balaban J connectivity index is 1.75. The molecule has 0 aliphatic carbocycles. The lowest BCUT2D eigenvalue weighted by molar-refractivity contribution is 0.102. The van der Waals surface area contributed by atoms with Gasteiger partial charge in [0.2, 0.25) is 0 Å². The second-order valence-electron chi connectivity index (χ2n) is 5.38. The molecule has 25 heavy (non-hydrogen) atoms. The van der Waals surface area contributed by atoms with Gasteiger partial charge in [-0.1, -0.05) is 30.8 Å². The topological polar surface area (TPSA) is 70.2 Å². The van der Waals surface area contributed by atoms with Crippen molar-refractivity contribution in [3.8, 4) is 17.3 Å². The summed E-state index contributed by atoms with van der Waals surface area (Å²) in [7, 11) is 1.59. The largest absolute Gasteiger partial charge is 0.497 e. The maximum atomic E-state index is 12.4. The van der Waals surface area contributed by atoms with Gasteiger partial charge < -0.3 is 9.15 Å². The first-order valence-corrected chi connectivity index (χ1v) is 8.98. The van der Waals surface area contributed by atoms with Gasteiger partial charge in [0.25, 0.3) is 0 Å². The van der Waals surface area contributed by atoms with Gasteiger partial charge in [0.15, 0.2) is 22.5 Å². The molecular formula is C18H19N3O3S. The van der Waals surface area contributed by atoms with Gasteiger partial charge in [-0.05, 0) is 30.7 Å². The molecule has 0 bridgehead atoms. The lowest BCUT2D eigenvalue weighted by Gasteiger charge is -2.07. The molecule has 2 aromatic heterocycles. The number of carbonyl (C=O) groups excluding carboxylic acids is 1. The van der Waals surface area contributed by atoms with Gasteiger partial charge in [-0.2, -0.15) is 0 Å². The lowest BCUT2D eigenvalue weighted by Crippen LogP contribution is -2.06. The van der Waals surface area contributed by atoms with Crippen LogP contribution in [0.3, 0.4) is 0 Å². The van der Waals surface area contributed by atoms with Gasteiger partial charge >= 0.3 is 0 Å². The van der Waals surface area contributed by atoms with E-state index in [0.717, 1.165) is 13.0 Å². The number of ketones is 1. The number of rotatable bonds is 8. The summed E-state index contributed by atoms with van der Waals surface area (Å²) in [5.74, 6) is 2.34. The van der Waals surface area contributed by atoms with Gasteiger partial charge in [0, 0.05) is 12.1 Å². The van der Waals surface area contributed by atoms with E-state index < -0.39 is 0 Å². The van der Waals surface area contributed by atoms with Crippen molar-refractivity contribution in [3.63, 3.8) is 0 Å². The van der Waals surface area contributed by atoms with Gasteiger partial charge in [-0.15, -0.1) is 10.2 Å². The second-order valence-corrected chi connectivity index (χ2v) is 6.32. The average Bonchev–Trinajstić information content (AvgIpc) is 3.30. The van der Waals surface area contributed by atoms with Crippen LogP contribution in [-0.4, -0.2) is 33.4 Å². The summed E-state index contributed by atoms with van der Waals surface area (Å²) in [6.45, 7) is 2.85. The maximum Gasteiger partial charge on any atom is 0.200 e. The van der Waals surface area contributed by atoms with Crippen molar-refractivity contribution in [3.05, 3.63) is 48.2 Å². The average molecular weight is 357 g/mol. The Bertz CT molecular complexity index is 843. The van der Waals surface area contributed by atoms with E-state index in [0.29, 0.717) is 28.1 Å². The number of benzene rings is 1. The zero-order chi connectivity index (χ0) is 17.6. The van der Waals surface area contributed by atoms with Crippen molar-refractivity contribution >= 4 is 17.5 Å². The van der Waals surface area contributed by atoms with E-state index in [1.54, 1.807) is 25.5 Å². The Morgan fingerprint density at radius 1 is 1.28 bits per heavy atom. The molecule has 3 rings (SSSR count). The van der Waals surface area contributed by atoms with Crippen molar-refractivity contribution in [1.82, 2.24) is 14.8 Å². The minimum absolute atomic E-state index is 0.0227. The summed E-state index contributed by atoms with van der Waals surface area (Å²) < 4.78 is 12.6. The molecule has 0 aliphatic rings. The molecular weight excluding hydrogens is 338 g/mol. The molecule has 3 aromatic rings. The normalized spacial score (nSPS) is 10.8. The fraction of sp³-hybridized carbons (Fsp3) is 0.278. The first kappa shape index (κ1) is 17.3. The van der Waals surface area contributed by atoms with Crippen LogP contribution in [0.4, 0.5) is 0 Å². The Kier molecular flexibility index (Phi) is 5.55. The molecule has 0 spiro atoms. The van der Waals surface area contributed by atoms with Crippen molar-refractivity contribution in [2.75, 3.05) is 12.9 Å². The molecule has 6 nitrogen and oxygen atoms in total. The molecule has 130 valence electrons. The minimum atomic E-state index is 0.0227. The zero-order valence-corrected chi connectivity index (χ0v) is 15.0. The van der Waals surface area contributed by atoms with Crippen LogP contribution in [-0.2, 0) is 6.54 Å². The van der Waals surface area contributed by atoms with Crippen molar-refractivity contribution < 1.29 is 13.9 Å². The quantitative estimate of drug-likeness (QED) is 0.449. The van der Waals surface area contributed by atoms with Crippen LogP contribution < -0.4 is 4.74 Å². The number of methoxy groups -OCH3 is 1. The molecule has 1 aromatic carbocycles. The van der Waals surface area contributed by atoms with Crippen LogP contribution in [0.2, 0.25) is 0 Å². The van der Waals surface area contributed by atoms with E-state index in [1.165, 1.54) is 11.8 Å². The molecule has 7 heteroatoms. The van der Waals surface area contributed by atoms with Gasteiger partial charge in [-0.3, -0.25) is 9.36 Å². The standard InChI is InChI=1S/C18H19N3O3S/c1-3-9-21-17(16-8-5-10-24-16)19-20-18(21)25-12-15(22)13-6-4-7-14(11-13)23-2/h4-8,10-11H,3,9,12H2,1-2H3. The maximum absolute atomic E-state index is 12.4. The van der Waals surface area contributed by atoms with Crippen molar-refractivity contribution in [1.29, 1.82) is 0 Å². The highest BCUT2D eigenvalue weighted by atomic mass is 32.2. The van der Waals surface area contributed by atoms with Crippen LogP contribution >= 0.6 is 11.8 Å². The fourth-order valence-electron chi connectivity index (χ4n) is 2.42. The third kappa shape index (κ3) is 3.93. The summed E-state index contributed by atoms with van der Waals surface area (Å²) in [5, 5.41) is 9.16. The Morgan fingerprint density at radius 2 is 2.16 bits per heavy atom. The number of hydrogen-bond acceptors (Lipinski definition) is 6. The van der Waals surface area contributed by atoms with E-state index in [2.05, 4.69) is 17.1 Å². The number of aromatic nitrogens is 3. The smallest absolute Gasteiger partial charge is 0.200 e. The SMILES string of the molecule is CCCn1c(SCC(=O)c2cccc(OC)c2)nnc1-c1ccco1.